The largest absolute Gasteiger partial charge is 0.321 e. The van der Waals surface area contributed by atoms with E-state index in [4.69, 9.17) is 4.99 Å². The van der Waals surface area contributed by atoms with Crippen molar-refractivity contribution in [3.63, 3.8) is 0 Å². The minimum Gasteiger partial charge on any atom is -0.311 e. The molecule has 1 aliphatic carbocycles. The van der Waals surface area contributed by atoms with Gasteiger partial charge in [-0.2, -0.15) is 0 Å². The first-order chi connectivity index (χ1) is 16.8. The molecular formula is C29H38N4O2. The molecule has 2 N–H and O–H groups in total. The van der Waals surface area contributed by atoms with E-state index in [1.807, 2.05) is 42.5 Å². The molecule has 6 nitrogen and oxygen atoms in total. The summed E-state index contributed by atoms with van der Waals surface area (Å²) in [7, 11) is 1.76. The number of nitrogens with zero attached hydrogens (tertiary/aromatic N) is 2. The third-order valence-corrected chi connectivity index (χ3v) is 7.25. The molecule has 2 aromatic carbocycles. The van der Waals surface area contributed by atoms with E-state index < -0.39 is 12.2 Å². The van der Waals surface area contributed by atoms with Gasteiger partial charge in [0.05, 0.1) is 11.4 Å². The van der Waals surface area contributed by atoms with Crippen LogP contribution in [0, 0.1) is 5.92 Å². The summed E-state index contributed by atoms with van der Waals surface area (Å²) in [5, 5.41) is 5.97. The Hall–Kier alpha value is -3.15. The number of nitrogens with one attached hydrogen (secondary N) is 2. The number of urea groups is 1. The van der Waals surface area contributed by atoms with Gasteiger partial charge in [-0.05, 0) is 41.9 Å². The summed E-state index contributed by atoms with van der Waals surface area (Å²) in [4.78, 5) is 33.3. The lowest BCUT2D eigenvalue weighted by Gasteiger charge is -2.25. The third kappa shape index (κ3) is 5.26. The van der Waals surface area contributed by atoms with Crippen LogP contribution in [0.4, 0.5) is 16.2 Å². The first-order valence-electron chi connectivity index (χ1n) is 12.9. The number of carbonyl (C=O) groups is 2. The van der Waals surface area contributed by atoms with Gasteiger partial charge in [-0.15, -0.1) is 0 Å². The van der Waals surface area contributed by atoms with Crippen LogP contribution in [0.1, 0.15) is 88.3 Å². The number of benzodiazepines with no additional fused rings is 1. The van der Waals surface area contributed by atoms with E-state index in [1.54, 1.807) is 11.9 Å². The molecule has 1 heterocycles. The van der Waals surface area contributed by atoms with Crippen LogP contribution < -0.4 is 15.5 Å². The Morgan fingerprint density at radius 3 is 2.20 bits per heavy atom. The highest BCUT2D eigenvalue weighted by Gasteiger charge is 2.33. The van der Waals surface area contributed by atoms with Crippen LogP contribution in [0.5, 0.6) is 0 Å². The number of amides is 3. The SMILES string of the molecule is CC(C)c1cccc(C(C)C)c1NC(=O)NC1N=C(C2CCCCC2)c2ccccc2N(C)C1=O. The van der Waals surface area contributed by atoms with Crippen LogP contribution in [-0.2, 0) is 4.79 Å². The van der Waals surface area contributed by atoms with Gasteiger partial charge in [0.15, 0.2) is 0 Å². The number of anilines is 2. The number of hydrogen-bond donors (Lipinski definition) is 2. The van der Waals surface area contributed by atoms with E-state index in [9.17, 15) is 9.59 Å². The summed E-state index contributed by atoms with van der Waals surface area (Å²) in [5.74, 6) is 0.561. The van der Waals surface area contributed by atoms with Gasteiger partial charge in [0.25, 0.3) is 5.91 Å². The highest BCUT2D eigenvalue weighted by Crippen LogP contribution is 2.34. The van der Waals surface area contributed by atoms with Crippen LogP contribution >= 0.6 is 0 Å². The molecule has 1 fully saturated rings. The van der Waals surface area contributed by atoms with E-state index in [2.05, 4.69) is 38.3 Å². The number of aliphatic imine (C=N–C) groups is 1. The Labute approximate surface area is 209 Å². The average molecular weight is 475 g/mol. The first-order valence-corrected chi connectivity index (χ1v) is 12.9. The van der Waals surface area contributed by atoms with Crippen molar-refractivity contribution in [2.75, 3.05) is 17.3 Å². The van der Waals surface area contributed by atoms with Crippen LogP contribution in [0.15, 0.2) is 47.5 Å². The number of fused-ring (bicyclic) bond motifs is 1. The van der Waals surface area contributed by atoms with Gasteiger partial charge in [-0.3, -0.25) is 9.79 Å². The number of likely N-dealkylation sites (N-methyl/N-ethyl adjacent to an activating group) is 1. The second kappa shape index (κ2) is 10.6. The molecular weight excluding hydrogens is 436 g/mol. The fourth-order valence-corrected chi connectivity index (χ4v) is 5.31. The summed E-state index contributed by atoms with van der Waals surface area (Å²) in [6.45, 7) is 8.46. The second-order valence-electron chi connectivity index (χ2n) is 10.4. The van der Waals surface area contributed by atoms with Crippen molar-refractivity contribution in [2.24, 2.45) is 10.9 Å². The maximum atomic E-state index is 13.5. The fraction of sp³-hybridized carbons (Fsp3) is 0.483. The Morgan fingerprint density at radius 2 is 1.57 bits per heavy atom. The first kappa shape index (κ1) is 25.0. The standard InChI is InChI=1S/C29H38N4O2/c1-18(2)21-15-11-16-22(19(3)4)26(21)31-29(35)32-27-28(34)33(5)24-17-10-9-14-23(24)25(30-27)20-12-7-6-8-13-20/h9-11,14-20,27H,6-8,12-13H2,1-5H3,(H2,31,32,35). The topological polar surface area (TPSA) is 73.8 Å². The van der Waals surface area contributed by atoms with Crippen molar-refractivity contribution in [1.82, 2.24) is 5.32 Å². The average Bonchev–Trinajstić information content (AvgIpc) is 2.95. The van der Waals surface area contributed by atoms with Gasteiger partial charge in [0.2, 0.25) is 6.17 Å². The summed E-state index contributed by atoms with van der Waals surface area (Å²) in [5.41, 5.74) is 5.76. The summed E-state index contributed by atoms with van der Waals surface area (Å²) < 4.78 is 0. The van der Waals surface area contributed by atoms with Crippen molar-refractivity contribution in [3.8, 4) is 0 Å². The van der Waals surface area contributed by atoms with Crippen molar-refractivity contribution in [1.29, 1.82) is 0 Å². The predicted molar refractivity (Wildman–Crippen MR) is 144 cm³/mol. The smallest absolute Gasteiger partial charge is 0.311 e. The van der Waals surface area contributed by atoms with E-state index in [-0.39, 0.29) is 17.7 Å². The number of carbonyl (C=O) groups excluding carboxylic acids is 2. The van der Waals surface area contributed by atoms with Crippen LogP contribution in [-0.4, -0.2) is 30.9 Å². The van der Waals surface area contributed by atoms with Gasteiger partial charge in [-0.1, -0.05) is 83.4 Å². The Bertz CT molecular complexity index is 1090. The van der Waals surface area contributed by atoms with E-state index in [1.165, 1.54) is 6.42 Å². The van der Waals surface area contributed by atoms with Gasteiger partial charge in [-0.25, -0.2) is 4.79 Å². The van der Waals surface area contributed by atoms with Crippen molar-refractivity contribution >= 4 is 29.0 Å². The number of benzene rings is 2. The predicted octanol–water partition coefficient (Wildman–Crippen LogP) is 6.43. The van der Waals surface area contributed by atoms with Gasteiger partial charge in [0, 0.05) is 24.2 Å². The Kier molecular flexibility index (Phi) is 7.58. The maximum absolute atomic E-state index is 13.5. The molecule has 35 heavy (non-hydrogen) atoms. The molecule has 4 rings (SSSR count). The molecule has 2 aromatic rings. The highest BCUT2D eigenvalue weighted by atomic mass is 16.2. The fourth-order valence-electron chi connectivity index (χ4n) is 5.31. The minimum absolute atomic E-state index is 0.236. The molecule has 0 aromatic heterocycles. The lowest BCUT2D eigenvalue weighted by Crippen LogP contribution is -2.47. The van der Waals surface area contributed by atoms with Gasteiger partial charge in [0.1, 0.15) is 0 Å². The number of para-hydroxylation sites is 2. The summed E-state index contributed by atoms with van der Waals surface area (Å²) >= 11 is 0. The highest BCUT2D eigenvalue weighted by molar-refractivity contribution is 6.14. The normalized spacial score (nSPS) is 18.8. The molecule has 6 heteroatoms. The Balaban J connectivity index is 1.66. The molecule has 3 amide bonds. The van der Waals surface area contributed by atoms with Crippen LogP contribution in [0.3, 0.4) is 0 Å². The zero-order chi connectivity index (χ0) is 25.1. The van der Waals surface area contributed by atoms with Gasteiger partial charge >= 0.3 is 6.03 Å². The molecule has 0 saturated heterocycles. The lowest BCUT2D eigenvalue weighted by atomic mass is 9.83. The molecule has 1 saturated carbocycles. The van der Waals surface area contributed by atoms with E-state index in [0.29, 0.717) is 5.92 Å². The van der Waals surface area contributed by atoms with Crippen molar-refractivity contribution in [2.45, 2.75) is 77.8 Å². The van der Waals surface area contributed by atoms with Gasteiger partial charge < -0.3 is 15.5 Å². The second-order valence-corrected chi connectivity index (χ2v) is 10.4. The number of hydrogen-bond acceptors (Lipinski definition) is 3. The van der Waals surface area contributed by atoms with E-state index in [0.717, 1.165) is 59.5 Å². The molecule has 186 valence electrons. The summed E-state index contributed by atoms with van der Waals surface area (Å²) in [6.07, 6.45) is 4.71. The molecule has 1 aliphatic heterocycles. The van der Waals surface area contributed by atoms with Crippen LogP contribution in [0.25, 0.3) is 0 Å². The minimum atomic E-state index is -0.974. The van der Waals surface area contributed by atoms with Crippen molar-refractivity contribution in [3.05, 3.63) is 59.2 Å². The molecule has 0 radical (unpaired) electrons. The zero-order valence-corrected chi connectivity index (χ0v) is 21.6. The monoisotopic (exact) mass is 474 g/mol. The molecule has 1 atom stereocenters. The summed E-state index contributed by atoms with van der Waals surface area (Å²) in [6, 6.07) is 13.7. The van der Waals surface area contributed by atoms with Crippen molar-refractivity contribution < 1.29 is 9.59 Å². The number of rotatable bonds is 5. The maximum Gasteiger partial charge on any atom is 0.321 e. The molecule has 0 spiro atoms. The zero-order valence-electron chi connectivity index (χ0n) is 21.6. The Morgan fingerprint density at radius 1 is 0.943 bits per heavy atom. The third-order valence-electron chi connectivity index (χ3n) is 7.25. The molecule has 1 unspecified atom stereocenters. The molecule has 0 bridgehead atoms. The van der Waals surface area contributed by atoms with Crippen LogP contribution in [0.2, 0.25) is 0 Å². The molecule has 2 aliphatic rings. The van der Waals surface area contributed by atoms with E-state index >= 15 is 0 Å². The lowest BCUT2D eigenvalue weighted by molar-refractivity contribution is -0.119. The quantitative estimate of drug-likeness (QED) is 0.524.